The number of hydrogen-bond acceptors (Lipinski definition) is 0. The van der Waals surface area contributed by atoms with Crippen LogP contribution in [-0.2, 0) is 0 Å². The molecule has 0 unspecified atom stereocenters. The average molecular weight is 227 g/mol. The van der Waals surface area contributed by atoms with Gasteiger partial charge in [-0.15, -0.1) is 0 Å². The van der Waals surface area contributed by atoms with Crippen molar-refractivity contribution in [2.45, 2.75) is 6.92 Å². The molecule has 1 heteroatoms. The van der Waals surface area contributed by atoms with Gasteiger partial charge in [-0.3, -0.25) is 0 Å². The van der Waals surface area contributed by atoms with Gasteiger partial charge in [0.05, 0.1) is 0 Å². The summed E-state index contributed by atoms with van der Waals surface area (Å²) in [6, 6.07) is 16.7. The van der Waals surface area contributed by atoms with E-state index in [1.165, 1.54) is 21.7 Å². The van der Waals surface area contributed by atoms with Crippen molar-refractivity contribution in [1.82, 2.24) is 0 Å². The van der Waals surface area contributed by atoms with Crippen LogP contribution in [-0.4, -0.2) is 0 Å². The van der Waals surface area contributed by atoms with Crippen molar-refractivity contribution >= 4 is 33.1 Å². The second kappa shape index (κ2) is 3.50. The zero-order valence-corrected chi connectivity index (χ0v) is 9.75. The summed E-state index contributed by atoms with van der Waals surface area (Å²) in [5.41, 5.74) is 1.30. The topological polar surface area (TPSA) is 0 Å². The fraction of sp³-hybridized carbons (Fsp3) is 0.0667. The maximum atomic E-state index is 6.23. The summed E-state index contributed by atoms with van der Waals surface area (Å²) in [4.78, 5) is 0. The molecule has 78 valence electrons. The molecular weight excluding hydrogens is 216 g/mol. The lowest BCUT2D eigenvalue weighted by molar-refractivity contribution is 1.58. The van der Waals surface area contributed by atoms with Crippen molar-refractivity contribution in [2.75, 3.05) is 0 Å². The molecule has 0 aliphatic rings. The highest BCUT2D eigenvalue weighted by Crippen LogP contribution is 2.31. The lowest BCUT2D eigenvalue weighted by Gasteiger charge is -2.08. The van der Waals surface area contributed by atoms with Gasteiger partial charge in [-0.2, -0.15) is 0 Å². The minimum Gasteiger partial charge on any atom is -0.0837 e. The van der Waals surface area contributed by atoms with E-state index in [1.54, 1.807) is 0 Å². The summed E-state index contributed by atoms with van der Waals surface area (Å²) in [5, 5.41) is 5.76. The number of benzene rings is 3. The van der Waals surface area contributed by atoms with Gasteiger partial charge < -0.3 is 0 Å². The van der Waals surface area contributed by atoms with Gasteiger partial charge in [0, 0.05) is 10.4 Å². The highest BCUT2D eigenvalue weighted by atomic mass is 35.5. The molecule has 0 amide bonds. The Labute approximate surface area is 99.5 Å². The Morgan fingerprint density at radius 2 is 1.56 bits per heavy atom. The molecule has 0 atom stereocenters. The maximum absolute atomic E-state index is 6.23. The molecule has 0 aliphatic carbocycles. The molecule has 0 heterocycles. The van der Waals surface area contributed by atoms with Gasteiger partial charge in [0.25, 0.3) is 0 Å². The third-order valence-corrected chi connectivity index (χ3v) is 3.45. The van der Waals surface area contributed by atoms with Gasteiger partial charge in [0.15, 0.2) is 0 Å². The van der Waals surface area contributed by atoms with E-state index in [0.717, 1.165) is 10.4 Å². The summed E-state index contributed by atoms with van der Waals surface area (Å²) >= 11 is 6.23. The van der Waals surface area contributed by atoms with Crippen LogP contribution in [0, 0.1) is 6.92 Å². The average Bonchev–Trinajstić information content (AvgIpc) is 2.31. The van der Waals surface area contributed by atoms with Crippen molar-refractivity contribution in [3.8, 4) is 0 Å². The van der Waals surface area contributed by atoms with Crippen LogP contribution in [0.3, 0.4) is 0 Å². The number of hydrogen-bond donors (Lipinski definition) is 0. The van der Waals surface area contributed by atoms with E-state index < -0.39 is 0 Å². The molecular formula is C15H11Cl. The standard InChI is InChI=1S/C15H11Cl/c1-10-12-6-3-2-5-11(12)9-14-13(10)7-4-8-15(14)16/h2-9H,1H3. The molecule has 3 rings (SSSR count). The van der Waals surface area contributed by atoms with Gasteiger partial charge in [-0.05, 0) is 40.8 Å². The monoisotopic (exact) mass is 226 g/mol. The van der Waals surface area contributed by atoms with Gasteiger partial charge in [-0.1, -0.05) is 48.0 Å². The van der Waals surface area contributed by atoms with E-state index in [9.17, 15) is 0 Å². The van der Waals surface area contributed by atoms with Crippen LogP contribution in [0.1, 0.15) is 5.56 Å². The van der Waals surface area contributed by atoms with Gasteiger partial charge >= 0.3 is 0 Å². The number of rotatable bonds is 0. The zero-order chi connectivity index (χ0) is 11.1. The van der Waals surface area contributed by atoms with Crippen molar-refractivity contribution < 1.29 is 0 Å². The Balaban J connectivity index is 2.61. The predicted molar refractivity (Wildman–Crippen MR) is 71.2 cm³/mol. The summed E-state index contributed by atoms with van der Waals surface area (Å²) in [6.45, 7) is 2.15. The van der Waals surface area contributed by atoms with Crippen LogP contribution in [0.2, 0.25) is 5.02 Å². The van der Waals surface area contributed by atoms with Gasteiger partial charge in [0.2, 0.25) is 0 Å². The van der Waals surface area contributed by atoms with E-state index in [1.807, 2.05) is 12.1 Å². The molecule has 0 bridgehead atoms. The zero-order valence-electron chi connectivity index (χ0n) is 9.00. The fourth-order valence-corrected chi connectivity index (χ4v) is 2.50. The third kappa shape index (κ3) is 1.30. The molecule has 16 heavy (non-hydrogen) atoms. The van der Waals surface area contributed by atoms with Crippen molar-refractivity contribution in [3.63, 3.8) is 0 Å². The molecule has 0 fully saturated rings. The SMILES string of the molecule is Cc1c2ccccc2cc2c(Cl)cccc12. The Bertz CT molecular complexity index is 683. The van der Waals surface area contributed by atoms with E-state index >= 15 is 0 Å². The first-order valence-electron chi connectivity index (χ1n) is 5.34. The second-order valence-electron chi connectivity index (χ2n) is 4.06. The molecule has 0 aliphatic heterocycles. The highest BCUT2D eigenvalue weighted by Gasteiger charge is 2.05. The van der Waals surface area contributed by atoms with Gasteiger partial charge in [-0.25, -0.2) is 0 Å². The number of fused-ring (bicyclic) bond motifs is 2. The molecule has 0 aromatic heterocycles. The van der Waals surface area contributed by atoms with Crippen LogP contribution in [0.15, 0.2) is 48.5 Å². The lowest BCUT2D eigenvalue weighted by atomic mass is 9.98. The molecule has 0 nitrogen and oxygen atoms in total. The van der Waals surface area contributed by atoms with Crippen LogP contribution in [0.4, 0.5) is 0 Å². The summed E-state index contributed by atoms with van der Waals surface area (Å²) < 4.78 is 0. The molecule has 0 spiro atoms. The van der Waals surface area contributed by atoms with Crippen molar-refractivity contribution in [3.05, 3.63) is 59.1 Å². The molecule has 0 radical (unpaired) electrons. The lowest BCUT2D eigenvalue weighted by Crippen LogP contribution is -1.83. The first kappa shape index (κ1) is 9.68. The smallest absolute Gasteiger partial charge is 0.0484 e. The first-order valence-corrected chi connectivity index (χ1v) is 5.72. The Hall–Kier alpha value is -1.53. The Morgan fingerprint density at radius 1 is 0.812 bits per heavy atom. The Kier molecular flexibility index (Phi) is 2.12. The van der Waals surface area contributed by atoms with Gasteiger partial charge in [0.1, 0.15) is 0 Å². The highest BCUT2D eigenvalue weighted by molar-refractivity contribution is 6.36. The predicted octanol–water partition coefficient (Wildman–Crippen LogP) is 4.95. The molecule has 0 saturated carbocycles. The van der Waals surface area contributed by atoms with Crippen LogP contribution in [0.5, 0.6) is 0 Å². The van der Waals surface area contributed by atoms with Crippen LogP contribution >= 0.6 is 11.6 Å². The van der Waals surface area contributed by atoms with E-state index in [-0.39, 0.29) is 0 Å². The minimum atomic E-state index is 0.825. The summed E-state index contributed by atoms with van der Waals surface area (Å²) in [5.74, 6) is 0. The van der Waals surface area contributed by atoms with Crippen LogP contribution < -0.4 is 0 Å². The molecule has 0 saturated heterocycles. The van der Waals surface area contributed by atoms with Crippen molar-refractivity contribution in [2.24, 2.45) is 0 Å². The molecule has 3 aromatic carbocycles. The summed E-state index contributed by atoms with van der Waals surface area (Å²) in [6.07, 6.45) is 0. The largest absolute Gasteiger partial charge is 0.0837 e. The number of aryl methyl sites for hydroxylation is 1. The third-order valence-electron chi connectivity index (χ3n) is 3.12. The number of halogens is 1. The van der Waals surface area contributed by atoms with E-state index in [4.69, 9.17) is 11.6 Å². The van der Waals surface area contributed by atoms with Crippen LogP contribution in [0.25, 0.3) is 21.5 Å². The molecule has 0 N–H and O–H groups in total. The molecule has 3 aromatic rings. The van der Waals surface area contributed by atoms with E-state index in [0.29, 0.717) is 0 Å². The second-order valence-corrected chi connectivity index (χ2v) is 4.46. The van der Waals surface area contributed by atoms with Crippen molar-refractivity contribution in [1.29, 1.82) is 0 Å². The normalized spacial score (nSPS) is 11.1. The minimum absolute atomic E-state index is 0.825. The quantitative estimate of drug-likeness (QED) is 0.476. The Morgan fingerprint density at radius 3 is 2.44 bits per heavy atom. The maximum Gasteiger partial charge on any atom is 0.0484 e. The fourth-order valence-electron chi connectivity index (χ4n) is 2.28. The van der Waals surface area contributed by atoms with E-state index in [2.05, 4.69) is 43.3 Å². The first-order chi connectivity index (χ1) is 7.77. The summed E-state index contributed by atoms with van der Waals surface area (Å²) in [7, 11) is 0.